The average Bonchev–Trinajstić information content (AvgIpc) is 4.10. The second-order valence-corrected chi connectivity index (χ2v) is 14.6. The molecule has 10 nitrogen and oxygen atoms in total. The van der Waals surface area contributed by atoms with Gasteiger partial charge in [0.05, 0.1) is 30.7 Å². The van der Waals surface area contributed by atoms with Gasteiger partial charge in [-0.1, -0.05) is 107 Å². The summed E-state index contributed by atoms with van der Waals surface area (Å²) in [6, 6.07) is 29.1. The van der Waals surface area contributed by atoms with Crippen LogP contribution in [0.25, 0.3) is 21.7 Å². The minimum atomic E-state index is 0.316. The van der Waals surface area contributed by atoms with Crippen LogP contribution < -0.4 is 0 Å². The van der Waals surface area contributed by atoms with Crippen LogP contribution in [-0.2, 0) is 24.6 Å². The average molecular weight is 723 g/mol. The van der Waals surface area contributed by atoms with Crippen molar-refractivity contribution in [2.75, 3.05) is 0 Å². The van der Waals surface area contributed by atoms with Crippen LogP contribution in [0.3, 0.4) is 0 Å². The number of azide groups is 1. The Morgan fingerprint density at radius 2 is 1.31 bits per heavy atom. The van der Waals surface area contributed by atoms with Crippen LogP contribution in [0, 0.1) is 11.7 Å². The molecule has 0 radical (unpaired) electrons. The quantitative estimate of drug-likeness (QED) is 0.0432. The summed E-state index contributed by atoms with van der Waals surface area (Å²) in [5.41, 5.74) is 17.3. The summed E-state index contributed by atoms with van der Waals surface area (Å²) >= 11 is 3.19. The molecule has 0 saturated heterocycles. The number of fused-ring (bicyclic) bond motifs is 2. The molecule has 5 aromatic heterocycles. The lowest BCUT2D eigenvalue weighted by Crippen LogP contribution is -2.00. The molecular formula is C40H38N10S2. The number of nitrogens with zero attached hydrogens (tertiary/aromatic N) is 10. The number of benzene rings is 2. The number of thioether (sulfide) groups is 2. The Kier molecular flexibility index (Phi) is 11.5. The summed E-state index contributed by atoms with van der Waals surface area (Å²) in [5.74, 6) is 3.31. The van der Waals surface area contributed by atoms with Gasteiger partial charge in [0.25, 0.3) is 0 Å². The van der Waals surface area contributed by atoms with Crippen molar-refractivity contribution < 1.29 is 0 Å². The van der Waals surface area contributed by atoms with E-state index in [0.717, 1.165) is 51.0 Å². The topological polar surface area (TPSA) is 114 Å². The molecule has 0 atom stereocenters. The molecule has 52 heavy (non-hydrogen) atoms. The highest BCUT2D eigenvalue weighted by Crippen LogP contribution is 2.40. The summed E-state index contributed by atoms with van der Waals surface area (Å²) < 4.78 is 6.00. The van der Waals surface area contributed by atoms with Crippen LogP contribution in [0.4, 0.5) is 0 Å². The molecule has 0 aliphatic heterocycles. The highest BCUT2D eigenvalue weighted by Gasteiger charge is 2.24. The fraction of sp³-hybridized carbons (Fsp3) is 0.250. The highest BCUT2D eigenvalue weighted by atomic mass is 32.2. The standard InChI is InChI=1S/C20H19N5S.C11H11N5.C9H8S/c1-2-4-15(5-3-1)14-26-20-13-25(23-22-20)12-18-11-24-10-17(16-6-7-16)8-9-19(24)21-18;12-15-13-5-10-7-16-6-9(8-1-2-8)3-4-11(16)14-10;1-2-10-8-9-6-4-3-5-7-9/h1-5,8-11,13,16H,6-7,12,14H2;3-4,6-8H,1-2,5H2;1,3-7H,8H2. The molecule has 0 amide bonds. The Morgan fingerprint density at radius 3 is 1.88 bits per heavy atom. The Hall–Kier alpha value is -5.47. The summed E-state index contributed by atoms with van der Waals surface area (Å²) in [4.78, 5) is 11.8. The molecule has 2 fully saturated rings. The molecule has 260 valence electrons. The second kappa shape index (κ2) is 17.2. The zero-order valence-electron chi connectivity index (χ0n) is 28.6. The summed E-state index contributed by atoms with van der Waals surface area (Å²) in [5, 5.41) is 15.5. The second-order valence-electron chi connectivity index (χ2n) is 12.8. The van der Waals surface area contributed by atoms with E-state index in [1.165, 1.54) is 59.7 Å². The van der Waals surface area contributed by atoms with E-state index in [1.54, 1.807) is 11.8 Å². The molecular weight excluding hydrogens is 685 g/mol. The van der Waals surface area contributed by atoms with Crippen molar-refractivity contribution in [3.8, 4) is 11.7 Å². The molecule has 0 unspecified atom stereocenters. The van der Waals surface area contributed by atoms with E-state index >= 15 is 0 Å². The zero-order chi connectivity index (χ0) is 35.5. The van der Waals surface area contributed by atoms with Crippen molar-refractivity contribution in [3.05, 3.63) is 160 Å². The van der Waals surface area contributed by atoms with Crippen molar-refractivity contribution in [3.63, 3.8) is 0 Å². The summed E-state index contributed by atoms with van der Waals surface area (Å²) in [6.45, 7) is 0.955. The third-order valence-electron chi connectivity index (χ3n) is 8.68. The molecule has 2 saturated carbocycles. The number of rotatable bonds is 11. The predicted molar refractivity (Wildman–Crippen MR) is 209 cm³/mol. The van der Waals surface area contributed by atoms with Crippen LogP contribution in [0.2, 0.25) is 0 Å². The van der Waals surface area contributed by atoms with E-state index in [-0.39, 0.29) is 0 Å². The minimum Gasteiger partial charge on any atom is -0.307 e. The van der Waals surface area contributed by atoms with Gasteiger partial charge in [0.15, 0.2) is 0 Å². The van der Waals surface area contributed by atoms with E-state index in [2.05, 4.69) is 108 Å². The zero-order valence-corrected chi connectivity index (χ0v) is 30.3. The summed E-state index contributed by atoms with van der Waals surface area (Å²) in [6.07, 6.45) is 20.7. The first-order valence-corrected chi connectivity index (χ1v) is 19.2. The lowest BCUT2D eigenvalue weighted by molar-refractivity contribution is 0.640. The number of pyridine rings is 2. The van der Waals surface area contributed by atoms with Gasteiger partial charge in [-0.05, 0) is 82.7 Å². The predicted octanol–water partition coefficient (Wildman–Crippen LogP) is 9.68. The number of hydrogen-bond acceptors (Lipinski definition) is 7. The molecule has 12 heteroatoms. The van der Waals surface area contributed by atoms with Crippen LogP contribution in [0.5, 0.6) is 0 Å². The van der Waals surface area contributed by atoms with E-state index in [4.69, 9.17) is 16.9 Å². The fourth-order valence-corrected chi connectivity index (χ4v) is 6.96. The molecule has 2 aromatic carbocycles. The molecule has 0 N–H and O–H groups in total. The van der Waals surface area contributed by atoms with Gasteiger partial charge in [0.2, 0.25) is 0 Å². The Balaban J connectivity index is 0.000000137. The smallest absolute Gasteiger partial charge is 0.139 e. The van der Waals surface area contributed by atoms with Crippen molar-refractivity contribution in [2.45, 2.75) is 67.1 Å². The minimum absolute atomic E-state index is 0.316. The first-order valence-electron chi connectivity index (χ1n) is 17.3. The van der Waals surface area contributed by atoms with E-state index in [1.807, 2.05) is 51.8 Å². The Labute approximate surface area is 311 Å². The van der Waals surface area contributed by atoms with Gasteiger partial charge in [0, 0.05) is 41.2 Å². The van der Waals surface area contributed by atoms with Crippen molar-refractivity contribution in [2.24, 2.45) is 5.11 Å². The van der Waals surface area contributed by atoms with Gasteiger partial charge >= 0.3 is 0 Å². The maximum Gasteiger partial charge on any atom is 0.139 e. The van der Waals surface area contributed by atoms with Gasteiger partial charge in [-0.25, -0.2) is 14.6 Å². The number of terminal acetylenes is 1. The van der Waals surface area contributed by atoms with Crippen LogP contribution in [0.1, 0.15) is 71.2 Å². The summed E-state index contributed by atoms with van der Waals surface area (Å²) in [7, 11) is 0. The molecule has 9 rings (SSSR count). The molecule has 7 aromatic rings. The van der Waals surface area contributed by atoms with E-state index in [9.17, 15) is 0 Å². The molecule has 2 aliphatic rings. The van der Waals surface area contributed by atoms with Gasteiger partial charge in [-0.2, -0.15) is 0 Å². The monoisotopic (exact) mass is 722 g/mol. The fourth-order valence-electron chi connectivity index (χ4n) is 5.72. The third kappa shape index (κ3) is 9.86. The molecule has 2 aliphatic carbocycles. The first-order chi connectivity index (χ1) is 25.6. The number of imidazole rings is 2. The largest absolute Gasteiger partial charge is 0.307 e. The van der Waals surface area contributed by atoms with Crippen LogP contribution in [0.15, 0.2) is 126 Å². The number of hydrogen-bond donors (Lipinski definition) is 0. The Morgan fingerprint density at radius 1 is 0.731 bits per heavy atom. The first kappa shape index (κ1) is 35.0. The van der Waals surface area contributed by atoms with Crippen LogP contribution >= 0.6 is 23.5 Å². The molecule has 0 bridgehead atoms. The van der Waals surface area contributed by atoms with E-state index in [0.29, 0.717) is 13.1 Å². The van der Waals surface area contributed by atoms with Gasteiger partial charge < -0.3 is 8.80 Å². The maximum absolute atomic E-state index is 8.25. The van der Waals surface area contributed by atoms with Crippen LogP contribution in [-0.4, -0.2) is 33.8 Å². The van der Waals surface area contributed by atoms with Crippen molar-refractivity contribution in [1.29, 1.82) is 0 Å². The Bertz CT molecular complexity index is 2310. The lowest BCUT2D eigenvalue weighted by atomic mass is 10.2. The number of aromatic nitrogens is 7. The van der Waals surface area contributed by atoms with E-state index < -0.39 is 0 Å². The van der Waals surface area contributed by atoms with Gasteiger partial charge in [-0.3, -0.25) is 0 Å². The van der Waals surface area contributed by atoms with Crippen molar-refractivity contribution in [1.82, 2.24) is 33.8 Å². The third-order valence-corrected chi connectivity index (χ3v) is 10.3. The lowest BCUT2D eigenvalue weighted by Gasteiger charge is -1.98. The van der Waals surface area contributed by atoms with Gasteiger partial charge in [-0.15, -0.1) is 11.5 Å². The SMILES string of the molecule is C#CSCc1ccccc1.[N-]=[N+]=NCc1cn2cc(C3CC3)ccc2n1.c1ccc(CSc2cn(Cc3cn4cc(C5CC5)ccc4n3)nn2)cc1. The normalized spacial score (nSPS) is 13.4. The molecule has 5 heterocycles. The van der Waals surface area contributed by atoms with Crippen molar-refractivity contribution >= 4 is 34.8 Å². The molecule has 0 spiro atoms. The highest BCUT2D eigenvalue weighted by molar-refractivity contribution is 8.03. The van der Waals surface area contributed by atoms with Gasteiger partial charge in [0.1, 0.15) is 16.3 Å². The maximum atomic E-state index is 8.25.